The normalized spacial score (nSPS) is 10.3. The maximum absolute atomic E-state index is 12.0. The molecule has 0 aliphatic carbocycles. The lowest BCUT2D eigenvalue weighted by molar-refractivity contribution is -0.116. The average Bonchev–Trinajstić information content (AvgIpc) is 3.14. The highest BCUT2D eigenvalue weighted by Crippen LogP contribution is 2.15. The van der Waals surface area contributed by atoms with Crippen molar-refractivity contribution in [3.8, 4) is 0 Å². The summed E-state index contributed by atoms with van der Waals surface area (Å²) in [6, 6.07) is 15.6. The van der Waals surface area contributed by atoms with Gasteiger partial charge in [-0.15, -0.1) is 0 Å². The van der Waals surface area contributed by atoms with Gasteiger partial charge in [0.15, 0.2) is 0 Å². The van der Waals surface area contributed by atoms with Crippen LogP contribution in [0.1, 0.15) is 17.7 Å². The molecular weight excluding hydrogens is 318 g/mol. The summed E-state index contributed by atoms with van der Waals surface area (Å²) >= 11 is 1.66. The van der Waals surface area contributed by atoms with Crippen LogP contribution in [0.4, 0.5) is 11.4 Å². The molecule has 0 spiro atoms. The molecule has 0 fully saturated rings. The van der Waals surface area contributed by atoms with Crippen molar-refractivity contribution in [1.29, 1.82) is 0 Å². The third-order valence-electron chi connectivity index (χ3n) is 3.59. The molecule has 0 aliphatic heterocycles. The lowest BCUT2D eigenvalue weighted by Gasteiger charge is -2.08. The number of carbonyl (C=O) groups excluding carboxylic acids is 1. The zero-order valence-corrected chi connectivity index (χ0v) is 14.1. The molecule has 3 aromatic rings. The van der Waals surface area contributed by atoms with Crippen LogP contribution in [0, 0.1) is 0 Å². The number of aromatic nitrogens is 1. The van der Waals surface area contributed by atoms with Crippen LogP contribution in [-0.2, 0) is 17.8 Å². The first kappa shape index (κ1) is 16.2. The Kier molecular flexibility index (Phi) is 5.58. The van der Waals surface area contributed by atoms with E-state index >= 15 is 0 Å². The number of amides is 1. The molecule has 3 rings (SSSR count). The minimum Gasteiger partial charge on any atom is -0.379 e. The summed E-state index contributed by atoms with van der Waals surface area (Å²) < 4.78 is 0. The van der Waals surface area contributed by atoms with Crippen molar-refractivity contribution in [1.82, 2.24) is 4.98 Å². The molecule has 0 atom stereocenters. The van der Waals surface area contributed by atoms with Gasteiger partial charge in [0, 0.05) is 24.0 Å². The van der Waals surface area contributed by atoms with Gasteiger partial charge >= 0.3 is 0 Å². The number of thiophene rings is 1. The van der Waals surface area contributed by atoms with Crippen molar-refractivity contribution < 1.29 is 4.79 Å². The molecule has 5 heteroatoms. The minimum atomic E-state index is 0.0374. The SMILES string of the molecule is O=C(CCc1ccsc1)Nc1ccc(NCc2ccccn2)cc1. The number of rotatable bonds is 7. The molecule has 0 saturated heterocycles. The van der Waals surface area contributed by atoms with Gasteiger partial charge in [0.1, 0.15) is 0 Å². The van der Waals surface area contributed by atoms with E-state index in [0.29, 0.717) is 13.0 Å². The lowest BCUT2D eigenvalue weighted by atomic mass is 10.2. The predicted molar refractivity (Wildman–Crippen MR) is 99.3 cm³/mol. The van der Waals surface area contributed by atoms with Gasteiger partial charge < -0.3 is 10.6 Å². The van der Waals surface area contributed by atoms with E-state index in [1.165, 1.54) is 5.56 Å². The Labute approximate surface area is 145 Å². The third-order valence-corrected chi connectivity index (χ3v) is 4.32. The highest BCUT2D eigenvalue weighted by atomic mass is 32.1. The number of pyridine rings is 1. The average molecular weight is 337 g/mol. The second-order valence-electron chi connectivity index (χ2n) is 5.43. The van der Waals surface area contributed by atoms with Gasteiger partial charge in [0.2, 0.25) is 5.91 Å². The largest absolute Gasteiger partial charge is 0.379 e. The molecule has 122 valence electrons. The summed E-state index contributed by atoms with van der Waals surface area (Å²) in [5, 5.41) is 10.4. The van der Waals surface area contributed by atoms with Crippen LogP contribution >= 0.6 is 11.3 Å². The maximum atomic E-state index is 12.0. The Bertz CT molecular complexity index is 755. The fourth-order valence-corrected chi connectivity index (χ4v) is 2.99. The van der Waals surface area contributed by atoms with Crippen molar-refractivity contribution in [2.75, 3.05) is 10.6 Å². The number of aryl methyl sites for hydroxylation is 1. The van der Waals surface area contributed by atoms with Crippen LogP contribution < -0.4 is 10.6 Å². The number of nitrogens with zero attached hydrogens (tertiary/aromatic N) is 1. The lowest BCUT2D eigenvalue weighted by Crippen LogP contribution is -2.12. The van der Waals surface area contributed by atoms with Crippen LogP contribution in [0.25, 0.3) is 0 Å². The zero-order chi connectivity index (χ0) is 16.6. The second kappa shape index (κ2) is 8.26. The van der Waals surface area contributed by atoms with E-state index in [1.54, 1.807) is 17.5 Å². The molecule has 1 amide bonds. The molecule has 0 radical (unpaired) electrons. The van der Waals surface area contributed by atoms with Gasteiger partial charge in [0.05, 0.1) is 12.2 Å². The molecular formula is C19H19N3OS. The van der Waals surface area contributed by atoms with Gasteiger partial charge in [-0.2, -0.15) is 11.3 Å². The van der Waals surface area contributed by atoms with E-state index in [1.807, 2.05) is 47.8 Å². The summed E-state index contributed by atoms with van der Waals surface area (Å²) in [7, 11) is 0. The second-order valence-corrected chi connectivity index (χ2v) is 6.21. The molecule has 2 heterocycles. The monoisotopic (exact) mass is 337 g/mol. The van der Waals surface area contributed by atoms with Crippen LogP contribution in [0.5, 0.6) is 0 Å². The third kappa shape index (κ3) is 4.93. The van der Waals surface area contributed by atoms with Crippen molar-refractivity contribution in [3.63, 3.8) is 0 Å². The standard InChI is InChI=1S/C19H19N3OS/c23-19(9-4-15-10-12-24-14-15)22-17-7-5-16(6-8-17)21-13-18-3-1-2-11-20-18/h1-3,5-8,10-12,14,21H,4,9,13H2,(H,22,23). The van der Waals surface area contributed by atoms with Crippen molar-refractivity contribution >= 4 is 28.6 Å². The smallest absolute Gasteiger partial charge is 0.224 e. The Morgan fingerprint density at radius 1 is 1.04 bits per heavy atom. The van der Waals surface area contributed by atoms with Gasteiger partial charge in [-0.05, 0) is 65.2 Å². The number of anilines is 2. The Hall–Kier alpha value is -2.66. The van der Waals surface area contributed by atoms with E-state index in [4.69, 9.17) is 0 Å². The molecule has 2 N–H and O–H groups in total. The molecule has 24 heavy (non-hydrogen) atoms. The summed E-state index contributed by atoms with van der Waals surface area (Å²) in [5.41, 5.74) is 4.01. The number of carbonyl (C=O) groups is 1. The molecule has 0 aliphatic rings. The van der Waals surface area contributed by atoms with Crippen molar-refractivity contribution in [3.05, 3.63) is 76.7 Å². The molecule has 1 aromatic carbocycles. The van der Waals surface area contributed by atoms with Crippen LogP contribution in [0.2, 0.25) is 0 Å². The van der Waals surface area contributed by atoms with Crippen molar-refractivity contribution in [2.24, 2.45) is 0 Å². The van der Waals surface area contributed by atoms with E-state index in [-0.39, 0.29) is 5.91 Å². The Morgan fingerprint density at radius 2 is 1.88 bits per heavy atom. The van der Waals surface area contributed by atoms with Crippen molar-refractivity contribution in [2.45, 2.75) is 19.4 Å². The fraction of sp³-hybridized carbons (Fsp3) is 0.158. The van der Waals surface area contributed by atoms with Crippen LogP contribution in [0.15, 0.2) is 65.5 Å². The minimum absolute atomic E-state index is 0.0374. The molecule has 2 aromatic heterocycles. The summed E-state index contributed by atoms with van der Waals surface area (Å²) in [4.78, 5) is 16.2. The summed E-state index contributed by atoms with van der Waals surface area (Å²) in [5.74, 6) is 0.0374. The number of hydrogen-bond acceptors (Lipinski definition) is 4. The van der Waals surface area contributed by atoms with Crippen LogP contribution in [0.3, 0.4) is 0 Å². The first-order valence-corrected chi connectivity index (χ1v) is 8.79. The van der Waals surface area contributed by atoms with Gasteiger partial charge in [-0.3, -0.25) is 9.78 Å². The van der Waals surface area contributed by atoms with E-state index in [0.717, 1.165) is 23.5 Å². The number of nitrogens with one attached hydrogen (secondary N) is 2. The quantitative estimate of drug-likeness (QED) is 0.675. The topological polar surface area (TPSA) is 54.0 Å². The number of benzene rings is 1. The highest BCUT2D eigenvalue weighted by Gasteiger charge is 2.04. The maximum Gasteiger partial charge on any atom is 0.224 e. The predicted octanol–water partition coefficient (Wildman–Crippen LogP) is 4.33. The molecule has 0 unspecified atom stereocenters. The summed E-state index contributed by atoms with van der Waals surface area (Å²) in [6.07, 6.45) is 3.06. The van der Waals surface area contributed by atoms with Gasteiger partial charge in [-0.25, -0.2) is 0 Å². The number of hydrogen-bond donors (Lipinski definition) is 2. The fourth-order valence-electron chi connectivity index (χ4n) is 2.28. The molecule has 4 nitrogen and oxygen atoms in total. The highest BCUT2D eigenvalue weighted by molar-refractivity contribution is 7.07. The Morgan fingerprint density at radius 3 is 2.58 bits per heavy atom. The van der Waals surface area contributed by atoms with E-state index < -0.39 is 0 Å². The van der Waals surface area contributed by atoms with Gasteiger partial charge in [-0.1, -0.05) is 6.07 Å². The summed E-state index contributed by atoms with van der Waals surface area (Å²) in [6.45, 7) is 0.674. The van der Waals surface area contributed by atoms with Crippen LogP contribution in [-0.4, -0.2) is 10.9 Å². The Balaban J connectivity index is 1.46. The zero-order valence-electron chi connectivity index (χ0n) is 13.2. The van der Waals surface area contributed by atoms with Gasteiger partial charge in [0.25, 0.3) is 0 Å². The first-order chi connectivity index (χ1) is 11.8. The molecule has 0 saturated carbocycles. The van der Waals surface area contributed by atoms with E-state index in [9.17, 15) is 4.79 Å². The van der Waals surface area contributed by atoms with E-state index in [2.05, 4.69) is 27.1 Å². The molecule has 0 bridgehead atoms. The first-order valence-electron chi connectivity index (χ1n) is 7.84.